The van der Waals surface area contributed by atoms with Crippen LogP contribution >= 0.6 is 15.9 Å². The van der Waals surface area contributed by atoms with Crippen molar-refractivity contribution in [2.45, 2.75) is 6.54 Å². The molecule has 1 amide bonds. The lowest BCUT2D eigenvalue weighted by atomic mass is 10.2. The molecule has 6 heteroatoms. The molecule has 2 rings (SSSR count). The molecule has 0 fully saturated rings. The number of halogens is 1. The van der Waals surface area contributed by atoms with Crippen molar-refractivity contribution >= 4 is 27.8 Å². The van der Waals surface area contributed by atoms with E-state index in [1.165, 1.54) is 0 Å². The summed E-state index contributed by atoms with van der Waals surface area (Å²) in [7, 11) is 3.75. The number of carbonyl (C=O) groups is 1. The van der Waals surface area contributed by atoms with Crippen molar-refractivity contribution in [3.63, 3.8) is 0 Å². The number of carbonyl (C=O) groups excluding carboxylic acids is 1. The van der Waals surface area contributed by atoms with Gasteiger partial charge >= 0.3 is 0 Å². The van der Waals surface area contributed by atoms with Crippen LogP contribution in [0, 0.1) is 0 Å². The van der Waals surface area contributed by atoms with Gasteiger partial charge in [-0.15, -0.1) is 0 Å². The second-order valence-corrected chi connectivity index (χ2v) is 5.35. The molecule has 1 aromatic heterocycles. The maximum absolute atomic E-state index is 12.0. The molecule has 0 saturated carbocycles. The average molecular weight is 335 g/mol. The maximum Gasteiger partial charge on any atom is 0.251 e. The van der Waals surface area contributed by atoms with E-state index < -0.39 is 0 Å². The first-order valence-corrected chi connectivity index (χ1v) is 6.88. The van der Waals surface area contributed by atoms with Gasteiger partial charge in [0.05, 0.1) is 12.2 Å². The summed E-state index contributed by atoms with van der Waals surface area (Å²) in [4.78, 5) is 22.3. The lowest BCUT2D eigenvalue weighted by Crippen LogP contribution is -2.24. The van der Waals surface area contributed by atoms with E-state index in [9.17, 15) is 4.79 Å². The van der Waals surface area contributed by atoms with Crippen LogP contribution in [0.15, 0.2) is 41.0 Å². The molecule has 0 aliphatic carbocycles. The van der Waals surface area contributed by atoms with Gasteiger partial charge in [0.15, 0.2) is 0 Å². The van der Waals surface area contributed by atoms with E-state index in [4.69, 9.17) is 0 Å². The summed E-state index contributed by atoms with van der Waals surface area (Å²) in [5.74, 6) is 0.503. The molecule has 1 heterocycles. The predicted octanol–water partition coefficient (Wildman–Crippen LogP) is 2.24. The van der Waals surface area contributed by atoms with E-state index in [1.807, 2.05) is 31.1 Å². The van der Waals surface area contributed by atoms with Crippen LogP contribution in [0.4, 0.5) is 5.95 Å². The van der Waals surface area contributed by atoms with Crippen molar-refractivity contribution in [2.75, 3.05) is 19.0 Å². The third-order valence-electron chi connectivity index (χ3n) is 2.64. The van der Waals surface area contributed by atoms with Crippen molar-refractivity contribution in [3.05, 3.63) is 52.3 Å². The zero-order valence-corrected chi connectivity index (χ0v) is 12.9. The quantitative estimate of drug-likeness (QED) is 0.931. The number of hydrogen-bond donors (Lipinski definition) is 1. The summed E-state index contributed by atoms with van der Waals surface area (Å²) in [5, 5.41) is 2.84. The molecule has 1 N–H and O–H groups in total. The first kappa shape index (κ1) is 14.5. The predicted molar refractivity (Wildman–Crippen MR) is 81.7 cm³/mol. The van der Waals surface area contributed by atoms with Crippen molar-refractivity contribution in [1.82, 2.24) is 15.3 Å². The molecule has 0 saturated heterocycles. The molecular formula is C14H15BrN4O. The van der Waals surface area contributed by atoms with Crippen molar-refractivity contribution in [1.29, 1.82) is 0 Å². The molecule has 0 aliphatic rings. The van der Waals surface area contributed by atoms with Gasteiger partial charge in [-0.2, -0.15) is 0 Å². The fraction of sp³-hybridized carbons (Fsp3) is 0.214. The minimum absolute atomic E-state index is 0.123. The molecule has 5 nitrogen and oxygen atoms in total. The molecular weight excluding hydrogens is 320 g/mol. The van der Waals surface area contributed by atoms with Crippen LogP contribution in [0.5, 0.6) is 0 Å². The third-order valence-corrected chi connectivity index (χ3v) is 3.17. The standard InChI is InChI=1S/C14H15BrN4O/c1-19(2)14-16-8-7-12(18-14)9-17-13(20)10-3-5-11(15)6-4-10/h3-8H,9H2,1-2H3,(H,17,20). The van der Waals surface area contributed by atoms with Crippen LogP contribution in [0.2, 0.25) is 0 Å². The second-order valence-electron chi connectivity index (χ2n) is 4.43. The number of amides is 1. The third kappa shape index (κ3) is 3.77. The number of nitrogens with zero attached hydrogens (tertiary/aromatic N) is 3. The molecule has 0 atom stereocenters. The number of anilines is 1. The summed E-state index contributed by atoms with van der Waals surface area (Å²) in [6, 6.07) is 9.00. The Morgan fingerprint density at radius 3 is 2.60 bits per heavy atom. The SMILES string of the molecule is CN(C)c1nccc(CNC(=O)c2ccc(Br)cc2)n1. The number of rotatable bonds is 4. The van der Waals surface area contributed by atoms with Gasteiger partial charge in [0.2, 0.25) is 5.95 Å². The highest BCUT2D eigenvalue weighted by molar-refractivity contribution is 9.10. The first-order chi connectivity index (χ1) is 9.56. The number of hydrogen-bond acceptors (Lipinski definition) is 4. The normalized spacial score (nSPS) is 10.2. The van der Waals surface area contributed by atoms with Crippen molar-refractivity contribution < 1.29 is 4.79 Å². The van der Waals surface area contributed by atoms with Crippen molar-refractivity contribution in [2.24, 2.45) is 0 Å². The summed E-state index contributed by atoms with van der Waals surface area (Å²) in [6.07, 6.45) is 1.68. The van der Waals surface area contributed by atoms with E-state index in [0.717, 1.165) is 10.2 Å². The van der Waals surface area contributed by atoms with Gasteiger partial charge in [-0.25, -0.2) is 9.97 Å². The molecule has 0 spiro atoms. The smallest absolute Gasteiger partial charge is 0.251 e. The summed E-state index contributed by atoms with van der Waals surface area (Å²) in [6.45, 7) is 0.373. The van der Waals surface area contributed by atoms with Crippen LogP contribution in [-0.4, -0.2) is 30.0 Å². The molecule has 0 unspecified atom stereocenters. The Bertz CT molecular complexity index is 598. The Hall–Kier alpha value is -1.95. The van der Waals surface area contributed by atoms with E-state index >= 15 is 0 Å². The molecule has 1 aromatic carbocycles. The van der Waals surface area contributed by atoms with Crippen LogP contribution in [0.3, 0.4) is 0 Å². The molecule has 0 aliphatic heterocycles. The lowest BCUT2D eigenvalue weighted by Gasteiger charge is -2.11. The minimum atomic E-state index is -0.123. The van der Waals surface area contributed by atoms with Gasteiger partial charge in [-0.3, -0.25) is 4.79 Å². The highest BCUT2D eigenvalue weighted by atomic mass is 79.9. The highest BCUT2D eigenvalue weighted by Crippen LogP contribution is 2.10. The molecule has 2 aromatic rings. The fourth-order valence-electron chi connectivity index (χ4n) is 1.57. The van der Waals surface area contributed by atoms with Gasteiger partial charge < -0.3 is 10.2 Å². The Morgan fingerprint density at radius 2 is 1.95 bits per heavy atom. The zero-order chi connectivity index (χ0) is 14.5. The topological polar surface area (TPSA) is 58.1 Å². The highest BCUT2D eigenvalue weighted by Gasteiger charge is 2.06. The summed E-state index contributed by atoms with van der Waals surface area (Å²) >= 11 is 3.34. The Balaban J connectivity index is 1.99. The fourth-order valence-corrected chi connectivity index (χ4v) is 1.84. The zero-order valence-electron chi connectivity index (χ0n) is 11.3. The van der Waals surface area contributed by atoms with E-state index in [-0.39, 0.29) is 5.91 Å². The van der Waals surface area contributed by atoms with Gasteiger partial charge in [0.25, 0.3) is 5.91 Å². The number of nitrogens with one attached hydrogen (secondary N) is 1. The van der Waals surface area contributed by atoms with Crippen LogP contribution in [0.1, 0.15) is 16.1 Å². The largest absolute Gasteiger partial charge is 0.347 e. The Kier molecular flexibility index (Phi) is 4.68. The molecule has 104 valence electrons. The van der Waals surface area contributed by atoms with Crippen LogP contribution < -0.4 is 10.2 Å². The summed E-state index contributed by atoms with van der Waals surface area (Å²) in [5.41, 5.74) is 1.39. The van der Waals surface area contributed by atoms with E-state index in [1.54, 1.807) is 24.4 Å². The van der Waals surface area contributed by atoms with E-state index in [2.05, 4.69) is 31.2 Å². The van der Waals surface area contributed by atoms with Gasteiger partial charge in [0, 0.05) is 30.3 Å². The van der Waals surface area contributed by atoms with Crippen LogP contribution in [0.25, 0.3) is 0 Å². The number of aromatic nitrogens is 2. The Morgan fingerprint density at radius 1 is 1.25 bits per heavy atom. The first-order valence-electron chi connectivity index (χ1n) is 6.09. The molecule has 0 radical (unpaired) electrons. The lowest BCUT2D eigenvalue weighted by molar-refractivity contribution is 0.0950. The molecule has 0 bridgehead atoms. The minimum Gasteiger partial charge on any atom is -0.347 e. The molecule has 20 heavy (non-hydrogen) atoms. The van der Waals surface area contributed by atoms with Crippen LogP contribution in [-0.2, 0) is 6.54 Å². The monoisotopic (exact) mass is 334 g/mol. The average Bonchev–Trinajstić information content (AvgIpc) is 2.46. The maximum atomic E-state index is 12.0. The Labute approximate surface area is 126 Å². The number of benzene rings is 1. The second kappa shape index (κ2) is 6.47. The van der Waals surface area contributed by atoms with Gasteiger partial charge in [0.1, 0.15) is 0 Å². The summed E-state index contributed by atoms with van der Waals surface area (Å²) < 4.78 is 0.945. The van der Waals surface area contributed by atoms with Gasteiger partial charge in [-0.1, -0.05) is 15.9 Å². The van der Waals surface area contributed by atoms with Gasteiger partial charge in [-0.05, 0) is 30.3 Å². The van der Waals surface area contributed by atoms with Crippen molar-refractivity contribution in [3.8, 4) is 0 Å². The van der Waals surface area contributed by atoms with E-state index in [0.29, 0.717) is 18.1 Å².